The topological polar surface area (TPSA) is 121 Å². The van der Waals surface area contributed by atoms with Gasteiger partial charge in [-0.15, -0.1) is 0 Å². The molecule has 148 valence electrons. The van der Waals surface area contributed by atoms with Crippen molar-refractivity contribution >= 4 is 17.8 Å². The maximum Gasteiger partial charge on any atom is 0.404 e. The molecule has 0 aromatic carbocycles. The van der Waals surface area contributed by atoms with Crippen LogP contribution >= 0.6 is 0 Å². The molecule has 1 aliphatic heterocycles. The van der Waals surface area contributed by atoms with Gasteiger partial charge in [0, 0.05) is 31.4 Å². The Bertz CT molecular complexity index is 938. The monoisotopic (exact) mass is 384 g/mol. The first kappa shape index (κ1) is 18.3. The number of amides is 2. The fourth-order valence-electron chi connectivity index (χ4n) is 4.15. The second-order valence-electron chi connectivity index (χ2n) is 7.46. The fourth-order valence-corrected chi connectivity index (χ4v) is 4.15. The molecular formula is C19H24N6O3. The number of aromatic nitrogens is 3. The van der Waals surface area contributed by atoms with Crippen LogP contribution in [0.25, 0.3) is 11.3 Å². The number of hydrogen-bond acceptors (Lipinski definition) is 5. The number of hydrogen-bond donors (Lipinski definition) is 4. The van der Waals surface area contributed by atoms with Gasteiger partial charge < -0.3 is 21.1 Å². The molecule has 9 heteroatoms. The average Bonchev–Trinajstić information content (AvgIpc) is 3.25. The zero-order valence-electron chi connectivity index (χ0n) is 16.0. The van der Waals surface area contributed by atoms with Gasteiger partial charge in [-0.05, 0) is 30.9 Å². The van der Waals surface area contributed by atoms with E-state index < -0.39 is 6.09 Å². The van der Waals surface area contributed by atoms with Gasteiger partial charge in [0.2, 0.25) is 0 Å². The Hall–Kier alpha value is -3.10. The van der Waals surface area contributed by atoms with E-state index in [1.54, 1.807) is 10.9 Å². The van der Waals surface area contributed by atoms with Crippen LogP contribution in [0.2, 0.25) is 0 Å². The zero-order chi connectivity index (χ0) is 19.8. The molecule has 2 aliphatic rings. The number of carbonyl (C=O) groups is 2. The Balaban J connectivity index is 1.73. The summed E-state index contributed by atoms with van der Waals surface area (Å²) in [6.45, 7) is 2.41. The van der Waals surface area contributed by atoms with Gasteiger partial charge in [0.05, 0.1) is 23.5 Å². The Morgan fingerprint density at radius 1 is 1.32 bits per heavy atom. The third kappa shape index (κ3) is 3.28. The lowest BCUT2D eigenvalue weighted by Crippen LogP contribution is -2.48. The van der Waals surface area contributed by atoms with E-state index in [0.717, 1.165) is 42.4 Å². The van der Waals surface area contributed by atoms with Gasteiger partial charge in [0.25, 0.3) is 5.91 Å². The molecule has 9 nitrogen and oxygen atoms in total. The minimum atomic E-state index is -1.01. The molecule has 0 radical (unpaired) electrons. The van der Waals surface area contributed by atoms with Crippen molar-refractivity contribution in [3.8, 4) is 11.3 Å². The minimum Gasteiger partial charge on any atom is -0.465 e. The molecule has 0 saturated heterocycles. The quantitative estimate of drug-likeness (QED) is 0.640. The van der Waals surface area contributed by atoms with Gasteiger partial charge in [0.15, 0.2) is 0 Å². The average molecular weight is 384 g/mol. The number of nitrogens with one attached hydrogen (secondary N) is 3. The summed E-state index contributed by atoms with van der Waals surface area (Å²) in [6, 6.07) is -0.205. The van der Waals surface area contributed by atoms with Gasteiger partial charge in [-0.2, -0.15) is 5.10 Å². The molecule has 1 fully saturated rings. The summed E-state index contributed by atoms with van der Waals surface area (Å²) in [7, 11) is 1.82. The first-order valence-electron chi connectivity index (χ1n) is 9.50. The van der Waals surface area contributed by atoms with E-state index in [2.05, 4.69) is 21.0 Å². The summed E-state index contributed by atoms with van der Waals surface area (Å²) in [5, 5.41) is 22.3. The van der Waals surface area contributed by atoms with Crippen LogP contribution < -0.4 is 16.0 Å². The van der Waals surface area contributed by atoms with Crippen molar-refractivity contribution in [1.29, 1.82) is 0 Å². The molecule has 2 aromatic heterocycles. The predicted octanol–water partition coefficient (Wildman–Crippen LogP) is 2.02. The van der Waals surface area contributed by atoms with Crippen molar-refractivity contribution in [2.45, 2.75) is 51.2 Å². The normalized spacial score (nSPS) is 21.1. The van der Waals surface area contributed by atoms with Gasteiger partial charge >= 0.3 is 6.09 Å². The van der Waals surface area contributed by atoms with Crippen LogP contribution in [-0.2, 0) is 13.6 Å². The number of aryl methyl sites for hydroxylation is 1. The molecule has 2 amide bonds. The largest absolute Gasteiger partial charge is 0.465 e. The van der Waals surface area contributed by atoms with Crippen molar-refractivity contribution < 1.29 is 14.7 Å². The van der Waals surface area contributed by atoms with Crippen molar-refractivity contribution in [2.75, 3.05) is 5.32 Å². The van der Waals surface area contributed by atoms with Crippen LogP contribution in [0.15, 0.2) is 12.4 Å². The standard InChI is InChI=1S/C19H24N6O3/c1-10-12-8-20-18(26)15(12)16(11-7-21-25(2)9-11)24-17(10)22-13-5-3-4-6-14(13)23-19(27)28/h7,9,13-14,23H,3-6,8H2,1-2H3,(H,20,26)(H,22,24)(H,27,28)/t13-,14+/m1/s1. The first-order chi connectivity index (χ1) is 13.4. The number of carbonyl (C=O) groups excluding carboxylic acids is 1. The highest BCUT2D eigenvalue weighted by molar-refractivity contribution is 6.04. The Morgan fingerprint density at radius 3 is 2.75 bits per heavy atom. The van der Waals surface area contributed by atoms with Gasteiger partial charge in [-0.1, -0.05) is 12.8 Å². The number of rotatable bonds is 4. The van der Waals surface area contributed by atoms with Crippen LogP contribution in [-0.4, -0.2) is 44.0 Å². The molecule has 1 aliphatic carbocycles. The number of fused-ring (bicyclic) bond motifs is 1. The lowest BCUT2D eigenvalue weighted by Gasteiger charge is -2.33. The molecule has 0 unspecified atom stereocenters. The third-order valence-electron chi connectivity index (χ3n) is 5.60. The molecule has 3 heterocycles. The van der Waals surface area contributed by atoms with Crippen molar-refractivity contribution in [3.63, 3.8) is 0 Å². The number of pyridine rings is 1. The van der Waals surface area contributed by atoms with Crippen LogP contribution in [0.5, 0.6) is 0 Å². The van der Waals surface area contributed by atoms with Crippen LogP contribution in [0.3, 0.4) is 0 Å². The van der Waals surface area contributed by atoms with Crippen molar-refractivity contribution in [2.24, 2.45) is 7.05 Å². The molecular weight excluding hydrogens is 360 g/mol. The molecule has 0 spiro atoms. The molecule has 0 bridgehead atoms. The highest BCUT2D eigenvalue weighted by Crippen LogP contribution is 2.34. The smallest absolute Gasteiger partial charge is 0.404 e. The SMILES string of the molecule is Cc1c(N[C@@H]2CCCC[C@@H]2NC(=O)O)nc(-c2cnn(C)c2)c2c1CNC2=O. The van der Waals surface area contributed by atoms with E-state index in [9.17, 15) is 9.59 Å². The first-order valence-corrected chi connectivity index (χ1v) is 9.50. The van der Waals surface area contributed by atoms with Crippen LogP contribution in [0.4, 0.5) is 10.6 Å². The summed E-state index contributed by atoms with van der Waals surface area (Å²) in [5.74, 6) is 0.567. The van der Waals surface area contributed by atoms with Crippen LogP contribution in [0.1, 0.15) is 47.2 Å². The number of carboxylic acid groups (broad SMARTS) is 1. The van der Waals surface area contributed by atoms with Crippen molar-refractivity contribution in [3.05, 3.63) is 29.1 Å². The van der Waals surface area contributed by atoms with Gasteiger partial charge in [-0.25, -0.2) is 9.78 Å². The molecule has 1 saturated carbocycles. The van der Waals surface area contributed by atoms with E-state index in [0.29, 0.717) is 23.6 Å². The second-order valence-corrected chi connectivity index (χ2v) is 7.46. The second kappa shape index (κ2) is 7.14. The van der Waals surface area contributed by atoms with E-state index in [-0.39, 0.29) is 18.0 Å². The summed E-state index contributed by atoms with van der Waals surface area (Å²) < 4.78 is 1.68. The maximum absolute atomic E-state index is 12.4. The molecule has 4 N–H and O–H groups in total. The molecule has 28 heavy (non-hydrogen) atoms. The van der Waals surface area contributed by atoms with Gasteiger partial charge in [-0.3, -0.25) is 9.48 Å². The highest BCUT2D eigenvalue weighted by Gasteiger charge is 2.31. The van der Waals surface area contributed by atoms with E-state index in [1.165, 1.54) is 0 Å². The maximum atomic E-state index is 12.4. The van der Waals surface area contributed by atoms with E-state index in [1.807, 2.05) is 20.2 Å². The number of nitrogens with zero attached hydrogens (tertiary/aromatic N) is 3. The predicted molar refractivity (Wildman–Crippen MR) is 103 cm³/mol. The summed E-state index contributed by atoms with van der Waals surface area (Å²) in [5.41, 5.74) is 3.83. The van der Waals surface area contributed by atoms with Gasteiger partial charge in [0.1, 0.15) is 5.82 Å². The lowest BCUT2D eigenvalue weighted by molar-refractivity contribution is 0.0966. The molecule has 2 aromatic rings. The molecule has 2 atom stereocenters. The molecule has 4 rings (SSSR count). The lowest BCUT2D eigenvalue weighted by atomic mass is 9.90. The minimum absolute atomic E-state index is 0.0408. The summed E-state index contributed by atoms with van der Waals surface area (Å²) >= 11 is 0. The summed E-state index contributed by atoms with van der Waals surface area (Å²) in [6.07, 6.45) is 6.22. The van der Waals surface area contributed by atoms with E-state index >= 15 is 0 Å². The van der Waals surface area contributed by atoms with E-state index in [4.69, 9.17) is 10.1 Å². The van der Waals surface area contributed by atoms with Crippen molar-refractivity contribution in [1.82, 2.24) is 25.4 Å². The Morgan fingerprint density at radius 2 is 2.07 bits per heavy atom. The summed E-state index contributed by atoms with van der Waals surface area (Å²) in [4.78, 5) is 28.4. The third-order valence-corrected chi connectivity index (χ3v) is 5.60. The Labute approximate surface area is 162 Å². The van der Waals surface area contributed by atoms with Crippen LogP contribution in [0, 0.1) is 6.92 Å². The number of anilines is 1. The zero-order valence-corrected chi connectivity index (χ0v) is 16.0. The Kier molecular flexibility index (Phi) is 4.66. The highest BCUT2D eigenvalue weighted by atomic mass is 16.4. The fraction of sp³-hybridized carbons (Fsp3) is 0.474.